The second-order valence-electron chi connectivity index (χ2n) is 4.01. The molecule has 0 amide bonds. The summed E-state index contributed by atoms with van der Waals surface area (Å²) in [5.74, 6) is 5.21. The first-order chi connectivity index (χ1) is 10.0. The van der Waals surface area contributed by atoms with Gasteiger partial charge in [0.2, 0.25) is 10.0 Å². The molecule has 0 bridgehead atoms. The average molecular weight is 342 g/mol. The molecule has 0 fully saturated rings. The molecule has 1 heterocycles. The van der Waals surface area contributed by atoms with Crippen LogP contribution in [0.15, 0.2) is 41.3 Å². The minimum absolute atomic E-state index is 0.166. The lowest BCUT2D eigenvalue weighted by atomic mass is 10.2. The number of halogens is 1. The molecule has 0 aliphatic rings. The highest BCUT2D eigenvalue weighted by Crippen LogP contribution is 2.21. The Labute approximate surface area is 132 Å². The van der Waals surface area contributed by atoms with Crippen molar-refractivity contribution in [2.75, 3.05) is 6.61 Å². The number of hydrogen-bond donors (Lipinski definition) is 2. The van der Waals surface area contributed by atoms with Crippen molar-refractivity contribution in [2.45, 2.75) is 11.4 Å². The zero-order chi connectivity index (χ0) is 15.3. The van der Waals surface area contributed by atoms with E-state index in [0.29, 0.717) is 9.90 Å². The average Bonchev–Trinajstić information content (AvgIpc) is 2.89. The number of hydrogen-bond acceptors (Lipinski definition) is 4. The first-order valence-electron chi connectivity index (χ1n) is 5.95. The van der Waals surface area contributed by atoms with Crippen molar-refractivity contribution in [2.24, 2.45) is 0 Å². The fourth-order valence-corrected chi connectivity index (χ4v) is 3.68. The van der Waals surface area contributed by atoms with Gasteiger partial charge < -0.3 is 5.11 Å². The maximum atomic E-state index is 12.1. The van der Waals surface area contributed by atoms with Crippen LogP contribution in [0, 0.1) is 11.8 Å². The molecule has 0 atom stereocenters. The fraction of sp³-hybridized carbons (Fsp3) is 0.143. The second kappa shape index (κ2) is 7.07. The van der Waals surface area contributed by atoms with E-state index in [1.54, 1.807) is 24.3 Å². The van der Waals surface area contributed by atoms with Gasteiger partial charge in [-0.1, -0.05) is 23.4 Å². The standard InChI is InChI=1S/C14H12ClNO3S2/c15-14-8-5-12(20-14)10-16-21(18,19)13-6-3-11(4-7-13)2-1-9-17/h3-8,16-17H,9-10H2. The summed E-state index contributed by atoms with van der Waals surface area (Å²) in [6, 6.07) is 9.66. The minimum atomic E-state index is -3.57. The lowest BCUT2D eigenvalue weighted by molar-refractivity contribution is 0.350. The zero-order valence-corrected chi connectivity index (χ0v) is 13.2. The first-order valence-corrected chi connectivity index (χ1v) is 8.63. The Balaban J connectivity index is 2.08. The quantitative estimate of drug-likeness (QED) is 0.838. The Morgan fingerprint density at radius 2 is 1.90 bits per heavy atom. The summed E-state index contributed by atoms with van der Waals surface area (Å²) in [6.07, 6.45) is 0. The van der Waals surface area contributed by atoms with Gasteiger partial charge in [-0.2, -0.15) is 0 Å². The van der Waals surface area contributed by atoms with E-state index in [-0.39, 0.29) is 18.0 Å². The lowest BCUT2D eigenvalue weighted by Gasteiger charge is -2.05. The van der Waals surface area contributed by atoms with Crippen LogP contribution in [0.1, 0.15) is 10.4 Å². The summed E-state index contributed by atoms with van der Waals surface area (Å²) in [7, 11) is -3.57. The molecule has 0 saturated carbocycles. The van der Waals surface area contributed by atoms with Gasteiger partial charge in [-0.25, -0.2) is 13.1 Å². The monoisotopic (exact) mass is 341 g/mol. The van der Waals surface area contributed by atoms with Gasteiger partial charge >= 0.3 is 0 Å². The van der Waals surface area contributed by atoms with Crippen molar-refractivity contribution in [3.05, 3.63) is 51.2 Å². The number of benzene rings is 1. The molecule has 1 aromatic heterocycles. The summed E-state index contributed by atoms with van der Waals surface area (Å²) >= 11 is 7.13. The van der Waals surface area contributed by atoms with Crippen molar-refractivity contribution in [3.63, 3.8) is 0 Å². The van der Waals surface area contributed by atoms with Crippen LogP contribution >= 0.6 is 22.9 Å². The Bertz CT molecular complexity index is 771. The van der Waals surface area contributed by atoms with Crippen LogP contribution in [-0.4, -0.2) is 20.1 Å². The largest absolute Gasteiger partial charge is 0.384 e. The molecular weight excluding hydrogens is 330 g/mol. The topological polar surface area (TPSA) is 66.4 Å². The molecule has 1 aromatic carbocycles. The highest BCUT2D eigenvalue weighted by atomic mass is 35.5. The van der Waals surface area contributed by atoms with E-state index in [0.717, 1.165) is 4.88 Å². The summed E-state index contributed by atoms with van der Waals surface area (Å²) in [5, 5.41) is 8.60. The van der Waals surface area contributed by atoms with Gasteiger partial charge in [0.25, 0.3) is 0 Å². The van der Waals surface area contributed by atoms with Crippen molar-refractivity contribution in [3.8, 4) is 11.8 Å². The van der Waals surface area contributed by atoms with Crippen LogP contribution in [-0.2, 0) is 16.6 Å². The summed E-state index contributed by atoms with van der Waals surface area (Å²) in [5.41, 5.74) is 0.646. The molecule has 0 unspecified atom stereocenters. The number of thiophene rings is 1. The van der Waals surface area contributed by atoms with E-state index < -0.39 is 10.0 Å². The Morgan fingerprint density at radius 1 is 1.19 bits per heavy atom. The molecule has 21 heavy (non-hydrogen) atoms. The molecule has 4 nitrogen and oxygen atoms in total. The fourth-order valence-electron chi connectivity index (χ4n) is 1.56. The molecule has 0 aliphatic heterocycles. The van der Waals surface area contributed by atoms with Crippen LogP contribution < -0.4 is 4.72 Å². The number of aliphatic hydroxyl groups is 1. The van der Waals surface area contributed by atoms with Gasteiger partial charge in [0.1, 0.15) is 6.61 Å². The molecule has 7 heteroatoms. The molecule has 0 saturated heterocycles. The maximum Gasteiger partial charge on any atom is 0.240 e. The maximum absolute atomic E-state index is 12.1. The zero-order valence-electron chi connectivity index (χ0n) is 10.8. The van der Waals surface area contributed by atoms with Crippen LogP contribution in [0.3, 0.4) is 0 Å². The summed E-state index contributed by atoms with van der Waals surface area (Å²) in [6.45, 7) is -0.0310. The van der Waals surface area contributed by atoms with E-state index in [1.807, 2.05) is 0 Å². The third-order valence-electron chi connectivity index (χ3n) is 2.54. The molecule has 110 valence electrons. The summed E-state index contributed by atoms with van der Waals surface area (Å²) < 4.78 is 27.4. The first kappa shape index (κ1) is 16.0. The number of aliphatic hydroxyl groups excluding tert-OH is 1. The van der Waals surface area contributed by atoms with E-state index in [2.05, 4.69) is 16.6 Å². The smallest absolute Gasteiger partial charge is 0.240 e. The Kier molecular flexibility index (Phi) is 5.39. The predicted octanol–water partition coefficient (Wildman–Crippen LogP) is 2.22. The lowest BCUT2D eigenvalue weighted by Crippen LogP contribution is -2.22. The van der Waals surface area contributed by atoms with E-state index in [4.69, 9.17) is 16.7 Å². The van der Waals surface area contributed by atoms with E-state index >= 15 is 0 Å². The van der Waals surface area contributed by atoms with Crippen LogP contribution in [0.2, 0.25) is 4.34 Å². The van der Waals surface area contributed by atoms with Crippen molar-refractivity contribution in [1.29, 1.82) is 0 Å². The van der Waals surface area contributed by atoms with Crippen molar-refractivity contribution >= 4 is 33.0 Å². The number of rotatable bonds is 4. The second-order valence-corrected chi connectivity index (χ2v) is 7.58. The van der Waals surface area contributed by atoms with Gasteiger partial charge in [0, 0.05) is 17.0 Å². The molecule has 2 N–H and O–H groups in total. The minimum Gasteiger partial charge on any atom is -0.384 e. The predicted molar refractivity (Wildman–Crippen MR) is 83.8 cm³/mol. The van der Waals surface area contributed by atoms with E-state index in [1.165, 1.54) is 23.5 Å². The molecule has 2 aromatic rings. The van der Waals surface area contributed by atoms with Crippen LogP contribution in [0.25, 0.3) is 0 Å². The molecule has 0 radical (unpaired) electrons. The molecular formula is C14H12ClNO3S2. The van der Waals surface area contributed by atoms with Crippen molar-refractivity contribution < 1.29 is 13.5 Å². The molecule has 0 aliphatic carbocycles. The van der Waals surface area contributed by atoms with Gasteiger partial charge in [0.15, 0.2) is 0 Å². The van der Waals surface area contributed by atoms with Crippen LogP contribution in [0.5, 0.6) is 0 Å². The van der Waals surface area contributed by atoms with Gasteiger partial charge in [-0.05, 0) is 36.4 Å². The third kappa shape index (κ3) is 4.56. The Hall–Kier alpha value is -1.36. The highest BCUT2D eigenvalue weighted by molar-refractivity contribution is 7.89. The van der Waals surface area contributed by atoms with Crippen LogP contribution in [0.4, 0.5) is 0 Å². The highest BCUT2D eigenvalue weighted by Gasteiger charge is 2.13. The van der Waals surface area contributed by atoms with Crippen molar-refractivity contribution in [1.82, 2.24) is 4.72 Å². The van der Waals surface area contributed by atoms with E-state index in [9.17, 15) is 8.42 Å². The van der Waals surface area contributed by atoms with Gasteiger partial charge in [0.05, 0.1) is 9.23 Å². The van der Waals surface area contributed by atoms with Gasteiger partial charge in [-0.3, -0.25) is 0 Å². The third-order valence-corrected chi connectivity index (χ3v) is 5.19. The number of nitrogens with one attached hydrogen (secondary N) is 1. The van der Waals surface area contributed by atoms with Gasteiger partial charge in [-0.15, -0.1) is 11.3 Å². The SMILES string of the molecule is O=S(=O)(NCc1ccc(Cl)s1)c1ccc(C#CCO)cc1. The Morgan fingerprint density at radius 3 is 2.48 bits per heavy atom. The number of sulfonamides is 1. The summed E-state index contributed by atoms with van der Waals surface area (Å²) in [4.78, 5) is 1.01. The normalized spacial score (nSPS) is 11.0. The molecule has 2 rings (SSSR count). The molecule has 0 spiro atoms.